The summed E-state index contributed by atoms with van der Waals surface area (Å²) in [6, 6.07) is 6.35. The van der Waals surface area contributed by atoms with E-state index in [0.717, 1.165) is 12.8 Å². The molecule has 19 heavy (non-hydrogen) atoms. The molecule has 0 aliphatic carbocycles. The molecule has 0 spiro atoms. The summed E-state index contributed by atoms with van der Waals surface area (Å²) >= 11 is 0. The second kappa shape index (κ2) is 7.53. The van der Waals surface area contributed by atoms with E-state index in [1.54, 1.807) is 6.92 Å². The molecule has 0 aliphatic heterocycles. The van der Waals surface area contributed by atoms with Gasteiger partial charge in [0.25, 0.3) is 0 Å². The monoisotopic (exact) mass is 283 g/mol. The van der Waals surface area contributed by atoms with Crippen LogP contribution in [0.5, 0.6) is 0 Å². The van der Waals surface area contributed by atoms with Crippen molar-refractivity contribution in [3.63, 3.8) is 0 Å². The number of rotatable bonds is 8. The van der Waals surface area contributed by atoms with Gasteiger partial charge in [-0.15, -0.1) is 0 Å². The third-order valence-electron chi connectivity index (χ3n) is 3.37. The minimum atomic E-state index is -2.85. The Balaban J connectivity index is 2.62. The maximum Gasteiger partial charge on any atom is 0.150 e. The van der Waals surface area contributed by atoms with Crippen LogP contribution in [0.25, 0.3) is 0 Å². The number of anilines is 1. The van der Waals surface area contributed by atoms with Crippen molar-refractivity contribution in [3.05, 3.63) is 29.3 Å². The Hall–Kier alpha value is -1.03. The number of sulfone groups is 1. The zero-order valence-corrected chi connectivity index (χ0v) is 13.0. The van der Waals surface area contributed by atoms with E-state index in [2.05, 4.69) is 37.4 Å². The molecule has 0 atom stereocenters. The third-order valence-corrected chi connectivity index (χ3v) is 5.16. The number of benzene rings is 1. The van der Waals surface area contributed by atoms with E-state index in [1.165, 1.54) is 16.8 Å². The Bertz CT molecular complexity index is 473. The Morgan fingerprint density at radius 2 is 1.63 bits per heavy atom. The molecule has 0 amide bonds. The first-order valence-corrected chi connectivity index (χ1v) is 8.91. The number of hydrogen-bond acceptors (Lipinski definition) is 3. The van der Waals surface area contributed by atoms with Gasteiger partial charge in [-0.1, -0.05) is 39.0 Å². The van der Waals surface area contributed by atoms with Crippen LogP contribution in [0.3, 0.4) is 0 Å². The zero-order valence-electron chi connectivity index (χ0n) is 12.2. The first-order chi connectivity index (χ1) is 9.04. The van der Waals surface area contributed by atoms with Gasteiger partial charge in [0.15, 0.2) is 0 Å². The van der Waals surface area contributed by atoms with Gasteiger partial charge in [0.1, 0.15) is 9.84 Å². The molecule has 0 aromatic heterocycles. The summed E-state index contributed by atoms with van der Waals surface area (Å²) in [5.41, 5.74) is 3.80. The molecule has 1 aromatic rings. The fourth-order valence-electron chi connectivity index (χ4n) is 2.12. The maximum atomic E-state index is 11.4. The third kappa shape index (κ3) is 4.86. The zero-order chi connectivity index (χ0) is 14.3. The lowest BCUT2D eigenvalue weighted by atomic mass is 10.0. The Labute approximate surface area is 117 Å². The highest BCUT2D eigenvalue weighted by molar-refractivity contribution is 7.91. The molecule has 0 radical (unpaired) electrons. The van der Waals surface area contributed by atoms with Gasteiger partial charge in [0, 0.05) is 18.0 Å². The Morgan fingerprint density at radius 3 is 2.11 bits per heavy atom. The summed E-state index contributed by atoms with van der Waals surface area (Å²) in [5.74, 6) is 0.505. The standard InChI is InChI=1S/C15H25NO2S/c1-4-13-9-7-10-14(5-2)15(13)16-11-8-12-19(17,18)6-3/h7,9-10,16H,4-6,8,11-12H2,1-3H3. The van der Waals surface area contributed by atoms with Gasteiger partial charge in [-0.3, -0.25) is 0 Å². The summed E-state index contributed by atoms with van der Waals surface area (Å²) in [5, 5.41) is 3.42. The molecule has 0 saturated heterocycles. The molecule has 3 nitrogen and oxygen atoms in total. The Kier molecular flexibility index (Phi) is 6.35. The molecule has 0 saturated carbocycles. The second-order valence-corrected chi connectivity index (χ2v) is 7.15. The molecular formula is C15H25NO2S. The largest absolute Gasteiger partial charge is 0.385 e. The average Bonchev–Trinajstić information content (AvgIpc) is 2.43. The number of hydrogen-bond donors (Lipinski definition) is 1. The molecule has 1 rings (SSSR count). The van der Waals surface area contributed by atoms with Crippen molar-refractivity contribution >= 4 is 15.5 Å². The average molecular weight is 283 g/mol. The first kappa shape index (κ1) is 16.0. The van der Waals surface area contributed by atoms with Gasteiger partial charge in [-0.2, -0.15) is 0 Å². The summed E-state index contributed by atoms with van der Waals surface area (Å²) in [7, 11) is -2.85. The quantitative estimate of drug-likeness (QED) is 0.746. The van der Waals surface area contributed by atoms with Crippen molar-refractivity contribution in [2.24, 2.45) is 0 Å². The molecule has 4 heteroatoms. The van der Waals surface area contributed by atoms with E-state index in [4.69, 9.17) is 0 Å². The topological polar surface area (TPSA) is 46.2 Å². The highest BCUT2D eigenvalue weighted by Crippen LogP contribution is 2.22. The van der Waals surface area contributed by atoms with Crippen molar-refractivity contribution in [1.82, 2.24) is 0 Å². The van der Waals surface area contributed by atoms with Gasteiger partial charge < -0.3 is 5.32 Å². The summed E-state index contributed by atoms with van der Waals surface area (Å²) in [4.78, 5) is 0. The van der Waals surface area contributed by atoms with Crippen LogP contribution in [0.4, 0.5) is 5.69 Å². The summed E-state index contributed by atoms with van der Waals surface area (Å²) in [6.07, 6.45) is 2.64. The molecule has 0 aliphatic rings. The van der Waals surface area contributed by atoms with Crippen molar-refractivity contribution in [2.45, 2.75) is 40.0 Å². The van der Waals surface area contributed by atoms with Gasteiger partial charge in [0.05, 0.1) is 5.75 Å². The summed E-state index contributed by atoms with van der Waals surface area (Å²) < 4.78 is 22.9. The molecule has 108 valence electrons. The van der Waals surface area contributed by atoms with Crippen LogP contribution in [0.1, 0.15) is 38.3 Å². The van der Waals surface area contributed by atoms with E-state index in [1.807, 2.05) is 0 Å². The van der Waals surface area contributed by atoms with Gasteiger partial charge in [0.2, 0.25) is 0 Å². The molecular weight excluding hydrogens is 258 g/mol. The molecule has 0 unspecified atom stereocenters. The van der Waals surface area contributed by atoms with E-state index in [0.29, 0.717) is 13.0 Å². The Morgan fingerprint density at radius 1 is 1.05 bits per heavy atom. The predicted molar refractivity (Wildman–Crippen MR) is 82.6 cm³/mol. The lowest BCUT2D eigenvalue weighted by molar-refractivity contribution is 0.595. The molecule has 1 aromatic carbocycles. The van der Waals surface area contributed by atoms with Crippen molar-refractivity contribution in [3.8, 4) is 0 Å². The van der Waals surface area contributed by atoms with Gasteiger partial charge >= 0.3 is 0 Å². The SMILES string of the molecule is CCc1cccc(CC)c1NCCCS(=O)(=O)CC. The van der Waals surface area contributed by atoms with Crippen LogP contribution in [-0.2, 0) is 22.7 Å². The number of aryl methyl sites for hydroxylation is 2. The van der Waals surface area contributed by atoms with Crippen LogP contribution in [0.2, 0.25) is 0 Å². The van der Waals surface area contributed by atoms with Crippen LogP contribution in [0, 0.1) is 0 Å². The molecule has 0 heterocycles. The van der Waals surface area contributed by atoms with Crippen LogP contribution in [0.15, 0.2) is 18.2 Å². The maximum absolute atomic E-state index is 11.4. The minimum Gasteiger partial charge on any atom is -0.385 e. The minimum absolute atomic E-state index is 0.235. The van der Waals surface area contributed by atoms with E-state index in [-0.39, 0.29) is 11.5 Å². The summed E-state index contributed by atoms with van der Waals surface area (Å²) in [6.45, 7) is 6.69. The van der Waals surface area contributed by atoms with E-state index < -0.39 is 9.84 Å². The van der Waals surface area contributed by atoms with Crippen LogP contribution >= 0.6 is 0 Å². The molecule has 1 N–H and O–H groups in total. The number of nitrogens with one attached hydrogen (secondary N) is 1. The van der Waals surface area contributed by atoms with Gasteiger partial charge in [-0.05, 0) is 30.4 Å². The van der Waals surface area contributed by atoms with E-state index in [9.17, 15) is 8.42 Å². The lowest BCUT2D eigenvalue weighted by Gasteiger charge is -2.15. The highest BCUT2D eigenvalue weighted by atomic mass is 32.2. The normalized spacial score (nSPS) is 11.5. The van der Waals surface area contributed by atoms with Crippen LogP contribution < -0.4 is 5.32 Å². The fourth-order valence-corrected chi connectivity index (χ4v) is 2.99. The molecule has 0 bridgehead atoms. The van der Waals surface area contributed by atoms with Crippen molar-refractivity contribution < 1.29 is 8.42 Å². The van der Waals surface area contributed by atoms with Crippen LogP contribution in [-0.4, -0.2) is 26.5 Å². The van der Waals surface area contributed by atoms with Gasteiger partial charge in [-0.25, -0.2) is 8.42 Å². The smallest absolute Gasteiger partial charge is 0.150 e. The fraction of sp³-hybridized carbons (Fsp3) is 0.600. The lowest BCUT2D eigenvalue weighted by Crippen LogP contribution is -2.14. The van der Waals surface area contributed by atoms with E-state index >= 15 is 0 Å². The van der Waals surface area contributed by atoms with Crippen molar-refractivity contribution in [1.29, 1.82) is 0 Å². The second-order valence-electron chi connectivity index (χ2n) is 4.68. The number of para-hydroxylation sites is 1. The van der Waals surface area contributed by atoms with Crippen molar-refractivity contribution in [2.75, 3.05) is 23.4 Å². The first-order valence-electron chi connectivity index (χ1n) is 7.09. The predicted octanol–water partition coefficient (Wildman–Crippen LogP) is 3.05. The highest BCUT2D eigenvalue weighted by Gasteiger charge is 2.08. The molecule has 0 fully saturated rings.